The van der Waals surface area contributed by atoms with E-state index in [0.717, 1.165) is 11.1 Å². The normalized spacial score (nSPS) is 10.1. The quantitative estimate of drug-likeness (QED) is 0.684. The van der Waals surface area contributed by atoms with Crippen LogP contribution in [0.2, 0.25) is 0 Å². The van der Waals surface area contributed by atoms with E-state index in [2.05, 4.69) is 11.6 Å². The molecule has 2 N–H and O–H groups in total. The van der Waals surface area contributed by atoms with Gasteiger partial charge in [0.15, 0.2) is 0 Å². The molecule has 0 radical (unpaired) electrons. The summed E-state index contributed by atoms with van der Waals surface area (Å²) in [4.78, 5) is 15.9. The highest BCUT2D eigenvalue weighted by molar-refractivity contribution is 6.15. The number of carbonyl (C=O) groups excluding carboxylic acids is 1. The van der Waals surface area contributed by atoms with Gasteiger partial charge in [0.1, 0.15) is 12.4 Å². The maximum absolute atomic E-state index is 11.9. The van der Waals surface area contributed by atoms with E-state index in [1.807, 2.05) is 37.3 Å². The Kier molecular flexibility index (Phi) is 4.15. The van der Waals surface area contributed by atoms with Gasteiger partial charge in [0, 0.05) is 11.8 Å². The smallest absolute Gasteiger partial charge is 0.338 e. The van der Waals surface area contributed by atoms with Crippen molar-refractivity contribution < 1.29 is 9.53 Å². The van der Waals surface area contributed by atoms with Crippen molar-refractivity contribution in [3.05, 3.63) is 65.9 Å². The van der Waals surface area contributed by atoms with Crippen LogP contribution in [0.4, 0.5) is 5.82 Å². The number of benzene rings is 1. The molecule has 0 saturated heterocycles. The Balaban J connectivity index is 2.02. The van der Waals surface area contributed by atoms with E-state index in [9.17, 15) is 4.79 Å². The molecule has 2 rings (SSSR count). The van der Waals surface area contributed by atoms with Gasteiger partial charge in [0.05, 0.1) is 5.57 Å². The maximum Gasteiger partial charge on any atom is 0.338 e. The molecule has 0 unspecified atom stereocenters. The number of hydrogen-bond donors (Lipinski definition) is 1. The minimum atomic E-state index is -0.458. The molecule has 0 fully saturated rings. The molecule has 1 aromatic heterocycles. The zero-order chi connectivity index (χ0) is 14.5. The maximum atomic E-state index is 11.9. The molecule has 0 aliphatic rings. The molecule has 0 amide bonds. The molecule has 0 atom stereocenters. The van der Waals surface area contributed by atoms with Crippen molar-refractivity contribution in [1.82, 2.24) is 4.98 Å². The summed E-state index contributed by atoms with van der Waals surface area (Å²) in [5.74, 6) is -0.0148. The molecule has 1 heterocycles. The molecular formula is C16H16N2O2. The third-order valence-corrected chi connectivity index (χ3v) is 2.93. The highest BCUT2D eigenvalue weighted by Crippen LogP contribution is 2.17. The number of aryl methyl sites for hydroxylation is 1. The average molecular weight is 268 g/mol. The van der Waals surface area contributed by atoms with Gasteiger partial charge < -0.3 is 10.5 Å². The van der Waals surface area contributed by atoms with Crippen molar-refractivity contribution in [1.29, 1.82) is 0 Å². The van der Waals surface area contributed by atoms with Gasteiger partial charge in [-0.3, -0.25) is 0 Å². The second-order valence-corrected chi connectivity index (χ2v) is 4.47. The first-order valence-corrected chi connectivity index (χ1v) is 6.20. The van der Waals surface area contributed by atoms with Crippen LogP contribution >= 0.6 is 0 Å². The van der Waals surface area contributed by atoms with E-state index in [-0.39, 0.29) is 12.2 Å². The summed E-state index contributed by atoms with van der Waals surface area (Å²) in [6.07, 6.45) is 1.52. The molecule has 0 aliphatic carbocycles. The third kappa shape index (κ3) is 3.23. The first-order valence-electron chi connectivity index (χ1n) is 6.20. The molecule has 0 aliphatic heterocycles. The highest BCUT2D eigenvalue weighted by atomic mass is 16.5. The number of rotatable bonds is 4. The fourth-order valence-electron chi connectivity index (χ4n) is 1.68. The van der Waals surface area contributed by atoms with Gasteiger partial charge >= 0.3 is 5.97 Å². The van der Waals surface area contributed by atoms with E-state index in [1.54, 1.807) is 6.07 Å². The molecule has 0 saturated carbocycles. The predicted molar refractivity (Wildman–Crippen MR) is 78.7 cm³/mol. The number of carbonyl (C=O) groups is 1. The first kappa shape index (κ1) is 13.8. The van der Waals surface area contributed by atoms with E-state index >= 15 is 0 Å². The lowest BCUT2D eigenvalue weighted by atomic mass is 10.1. The van der Waals surface area contributed by atoms with Gasteiger partial charge in [-0.15, -0.1) is 0 Å². The molecule has 20 heavy (non-hydrogen) atoms. The van der Waals surface area contributed by atoms with Crippen LogP contribution in [0.25, 0.3) is 5.57 Å². The monoisotopic (exact) mass is 268 g/mol. The second-order valence-electron chi connectivity index (χ2n) is 4.47. The molecule has 102 valence electrons. The Morgan fingerprint density at radius 2 is 2.05 bits per heavy atom. The van der Waals surface area contributed by atoms with Gasteiger partial charge in [-0.05, 0) is 24.1 Å². The summed E-state index contributed by atoms with van der Waals surface area (Å²) >= 11 is 0. The molecular weight excluding hydrogens is 252 g/mol. The summed E-state index contributed by atoms with van der Waals surface area (Å²) in [6.45, 7) is 5.80. The Hall–Kier alpha value is -2.62. The van der Waals surface area contributed by atoms with Crippen molar-refractivity contribution in [2.24, 2.45) is 0 Å². The van der Waals surface area contributed by atoms with E-state index in [0.29, 0.717) is 11.4 Å². The van der Waals surface area contributed by atoms with Crippen molar-refractivity contribution >= 4 is 17.4 Å². The zero-order valence-corrected chi connectivity index (χ0v) is 11.3. The van der Waals surface area contributed by atoms with Crippen LogP contribution < -0.4 is 5.73 Å². The van der Waals surface area contributed by atoms with Crippen molar-refractivity contribution in [2.45, 2.75) is 13.5 Å². The van der Waals surface area contributed by atoms with Crippen molar-refractivity contribution in [3.8, 4) is 0 Å². The summed E-state index contributed by atoms with van der Waals surface area (Å²) in [5.41, 5.74) is 8.27. The standard InChI is InChI=1S/C16H16N2O2/c1-11-8-14(9-18-15(11)17)12(2)16(19)20-10-13-6-4-3-5-7-13/h3-9H,2,10H2,1H3,(H2,17,18). The van der Waals surface area contributed by atoms with Gasteiger partial charge in [0.25, 0.3) is 0 Å². The van der Waals surface area contributed by atoms with E-state index < -0.39 is 5.97 Å². The van der Waals surface area contributed by atoms with Crippen LogP contribution in [-0.4, -0.2) is 11.0 Å². The van der Waals surface area contributed by atoms with Gasteiger partial charge in [-0.2, -0.15) is 0 Å². The van der Waals surface area contributed by atoms with Crippen LogP contribution in [0.3, 0.4) is 0 Å². The molecule has 4 heteroatoms. The fraction of sp³-hybridized carbons (Fsp3) is 0.125. The summed E-state index contributed by atoms with van der Waals surface area (Å²) in [5, 5.41) is 0. The number of nitrogens with two attached hydrogens (primary N) is 1. The van der Waals surface area contributed by atoms with Crippen LogP contribution in [0.5, 0.6) is 0 Å². The van der Waals surface area contributed by atoms with Gasteiger partial charge in [0.2, 0.25) is 0 Å². The number of nitrogens with zero attached hydrogens (tertiary/aromatic N) is 1. The minimum Gasteiger partial charge on any atom is -0.457 e. The predicted octanol–water partition coefficient (Wildman–Crippen LogP) is 2.73. The van der Waals surface area contributed by atoms with Crippen LogP contribution in [-0.2, 0) is 16.1 Å². The largest absolute Gasteiger partial charge is 0.457 e. The molecule has 2 aromatic rings. The Morgan fingerprint density at radius 3 is 2.70 bits per heavy atom. The summed E-state index contributed by atoms with van der Waals surface area (Å²) < 4.78 is 5.22. The van der Waals surface area contributed by atoms with Crippen LogP contribution in [0.15, 0.2) is 49.2 Å². The molecule has 0 bridgehead atoms. The van der Waals surface area contributed by atoms with E-state index in [4.69, 9.17) is 10.5 Å². The molecule has 1 aromatic carbocycles. The van der Waals surface area contributed by atoms with Gasteiger partial charge in [-0.1, -0.05) is 36.9 Å². The number of hydrogen-bond acceptors (Lipinski definition) is 4. The number of esters is 1. The zero-order valence-electron chi connectivity index (χ0n) is 11.3. The van der Waals surface area contributed by atoms with Gasteiger partial charge in [-0.25, -0.2) is 9.78 Å². The Morgan fingerprint density at radius 1 is 1.35 bits per heavy atom. The highest BCUT2D eigenvalue weighted by Gasteiger charge is 2.12. The number of anilines is 1. The summed E-state index contributed by atoms with van der Waals surface area (Å²) in [6, 6.07) is 11.3. The SMILES string of the molecule is C=C(C(=O)OCc1ccccc1)c1cnc(N)c(C)c1. The third-order valence-electron chi connectivity index (χ3n) is 2.93. The number of pyridine rings is 1. The Labute approximate surface area is 117 Å². The lowest BCUT2D eigenvalue weighted by Crippen LogP contribution is -2.07. The average Bonchev–Trinajstić information content (AvgIpc) is 2.48. The topological polar surface area (TPSA) is 65.2 Å². The van der Waals surface area contributed by atoms with Crippen molar-refractivity contribution in [3.63, 3.8) is 0 Å². The van der Waals surface area contributed by atoms with E-state index in [1.165, 1.54) is 6.20 Å². The number of aromatic nitrogens is 1. The Bertz CT molecular complexity index is 636. The van der Waals surface area contributed by atoms with Crippen LogP contribution in [0, 0.1) is 6.92 Å². The van der Waals surface area contributed by atoms with Crippen LogP contribution in [0.1, 0.15) is 16.7 Å². The van der Waals surface area contributed by atoms with Crippen molar-refractivity contribution in [2.75, 3.05) is 5.73 Å². The second kappa shape index (κ2) is 6.02. The lowest BCUT2D eigenvalue weighted by Gasteiger charge is -2.08. The minimum absolute atomic E-state index is 0.222. The number of nitrogen functional groups attached to an aromatic ring is 1. The first-order chi connectivity index (χ1) is 9.58. The fourth-order valence-corrected chi connectivity index (χ4v) is 1.68. The molecule has 0 spiro atoms. The number of ether oxygens (including phenoxy) is 1. The summed E-state index contributed by atoms with van der Waals surface area (Å²) in [7, 11) is 0. The lowest BCUT2D eigenvalue weighted by molar-refractivity contribution is -0.137. The molecule has 4 nitrogen and oxygen atoms in total.